The number of fused-ring (bicyclic) bond motifs is 1. The quantitative estimate of drug-likeness (QED) is 0.434. The fourth-order valence-electron chi connectivity index (χ4n) is 4.14. The summed E-state index contributed by atoms with van der Waals surface area (Å²) in [5.74, 6) is 0.650. The number of thiocarbonyl (C=S) groups is 1. The molecular weight excluding hydrogens is 260 g/mol. The van der Waals surface area contributed by atoms with Gasteiger partial charge in [0.25, 0.3) is 0 Å². The Balaban J connectivity index is 1.94. The third-order valence-corrected chi connectivity index (χ3v) is 5.63. The maximum atomic E-state index is 5.62. The van der Waals surface area contributed by atoms with Crippen molar-refractivity contribution in [2.45, 2.75) is 72.6 Å². The molecule has 0 heterocycles. The zero-order chi connectivity index (χ0) is 15.0. The molecule has 2 aliphatic rings. The van der Waals surface area contributed by atoms with Crippen molar-refractivity contribution in [1.29, 1.82) is 0 Å². The summed E-state index contributed by atoms with van der Waals surface area (Å²) in [6.45, 7) is 13.6. The number of rotatable bonds is 4. The van der Waals surface area contributed by atoms with Crippen LogP contribution in [0.25, 0.3) is 0 Å². The fourth-order valence-corrected chi connectivity index (χ4v) is 4.64. The van der Waals surface area contributed by atoms with Crippen LogP contribution in [0.5, 0.6) is 0 Å². The molecule has 1 heteroatoms. The molecule has 0 aromatic heterocycles. The van der Waals surface area contributed by atoms with Crippen LogP contribution in [0, 0.1) is 16.7 Å². The van der Waals surface area contributed by atoms with Crippen molar-refractivity contribution >= 4 is 17.1 Å². The smallest absolute Gasteiger partial charge is 0.00277 e. The van der Waals surface area contributed by atoms with Crippen LogP contribution < -0.4 is 0 Å². The maximum absolute atomic E-state index is 5.62. The van der Waals surface area contributed by atoms with Crippen LogP contribution in [0.2, 0.25) is 0 Å². The molecule has 2 atom stereocenters. The predicted molar refractivity (Wildman–Crippen MR) is 93.2 cm³/mol. The predicted octanol–water partition coefficient (Wildman–Crippen LogP) is 6.27. The molecular formula is C19H30S. The minimum atomic E-state index is 0.361. The van der Waals surface area contributed by atoms with Crippen molar-refractivity contribution in [3.05, 3.63) is 23.8 Å². The van der Waals surface area contributed by atoms with Gasteiger partial charge in [-0.1, -0.05) is 63.7 Å². The highest BCUT2D eigenvalue weighted by Crippen LogP contribution is 2.53. The van der Waals surface area contributed by atoms with Crippen molar-refractivity contribution in [2.75, 3.05) is 0 Å². The van der Waals surface area contributed by atoms with Crippen LogP contribution in [0.3, 0.4) is 0 Å². The molecule has 112 valence electrons. The fraction of sp³-hybridized carbons (Fsp3) is 0.737. The third kappa shape index (κ3) is 3.42. The van der Waals surface area contributed by atoms with E-state index in [1.807, 2.05) is 0 Å². The maximum Gasteiger partial charge on any atom is 0.00277 e. The molecule has 2 rings (SSSR count). The molecule has 1 fully saturated rings. The highest BCUT2D eigenvalue weighted by Gasteiger charge is 2.44. The topological polar surface area (TPSA) is 0 Å². The third-order valence-electron chi connectivity index (χ3n) is 5.14. The molecule has 2 aliphatic carbocycles. The normalized spacial score (nSPS) is 30.1. The Morgan fingerprint density at radius 2 is 2.15 bits per heavy atom. The van der Waals surface area contributed by atoms with Gasteiger partial charge in [0, 0.05) is 5.92 Å². The molecule has 2 unspecified atom stereocenters. The van der Waals surface area contributed by atoms with Gasteiger partial charge in [-0.2, -0.15) is 0 Å². The van der Waals surface area contributed by atoms with E-state index in [4.69, 9.17) is 12.2 Å². The van der Waals surface area contributed by atoms with E-state index < -0.39 is 0 Å². The summed E-state index contributed by atoms with van der Waals surface area (Å²) in [4.78, 5) is 1.33. The first kappa shape index (κ1) is 15.9. The molecule has 0 bridgehead atoms. The van der Waals surface area contributed by atoms with Crippen LogP contribution in [0.1, 0.15) is 72.6 Å². The molecule has 0 spiro atoms. The van der Waals surface area contributed by atoms with Gasteiger partial charge in [-0.15, -0.1) is 0 Å². The van der Waals surface area contributed by atoms with Crippen molar-refractivity contribution in [3.8, 4) is 0 Å². The van der Waals surface area contributed by atoms with Crippen molar-refractivity contribution in [3.63, 3.8) is 0 Å². The first-order valence-electron chi connectivity index (χ1n) is 8.11. The van der Waals surface area contributed by atoms with Gasteiger partial charge in [0.1, 0.15) is 0 Å². The summed E-state index contributed by atoms with van der Waals surface area (Å²) >= 11 is 5.62. The number of hydrogen-bond acceptors (Lipinski definition) is 1. The molecule has 0 aromatic rings. The van der Waals surface area contributed by atoms with Gasteiger partial charge in [-0.25, -0.2) is 0 Å². The molecule has 0 aliphatic heterocycles. The van der Waals surface area contributed by atoms with Gasteiger partial charge in [-0.05, 0) is 60.6 Å². The van der Waals surface area contributed by atoms with E-state index in [0.717, 1.165) is 12.8 Å². The van der Waals surface area contributed by atoms with E-state index in [2.05, 4.69) is 40.3 Å². The highest BCUT2D eigenvalue weighted by molar-refractivity contribution is 7.80. The molecule has 0 nitrogen and oxygen atoms in total. The summed E-state index contributed by atoms with van der Waals surface area (Å²) in [6, 6.07) is 0. The van der Waals surface area contributed by atoms with E-state index >= 15 is 0 Å². The Hall–Kier alpha value is -0.430. The molecule has 0 N–H and O–H groups in total. The highest BCUT2D eigenvalue weighted by atomic mass is 32.1. The summed E-state index contributed by atoms with van der Waals surface area (Å²) < 4.78 is 0. The lowest BCUT2D eigenvalue weighted by Gasteiger charge is -2.40. The van der Waals surface area contributed by atoms with Crippen molar-refractivity contribution in [1.82, 2.24) is 0 Å². The Kier molecular flexibility index (Phi) is 4.59. The summed E-state index contributed by atoms with van der Waals surface area (Å²) in [5.41, 5.74) is 3.81. The van der Waals surface area contributed by atoms with Crippen LogP contribution in [0.4, 0.5) is 0 Å². The minimum absolute atomic E-state index is 0.361. The molecule has 20 heavy (non-hydrogen) atoms. The van der Waals surface area contributed by atoms with Gasteiger partial charge in [0.2, 0.25) is 0 Å². The van der Waals surface area contributed by atoms with E-state index in [0.29, 0.717) is 16.7 Å². The van der Waals surface area contributed by atoms with E-state index in [1.165, 1.54) is 42.5 Å². The van der Waals surface area contributed by atoms with Gasteiger partial charge in [0.15, 0.2) is 0 Å². The Bertz CT molecular complexity index is 435. The van der Waals surface area contributed by atoms with Crippen molar-refractivity contribution < 1.29 is 0 Å². The van der Waals surface area contributed by atoms with Crippen LogP contribution in [-0.2, 0) is 0 Å². The standard InChI is InChI=1S/C19H30S/c1-14(13-18(2,3)4)8-9-15-10-11-16-17(20)7-6-12-19(15,16)5/h10,16H,1,6-9,11-13H2,2-5H3. The molecule has 0 saturated heterocycles. The number of hydrogen-bond donors (Lipinski definition) is 0. The number of allylic oxidation sites excluding steroid dienone is 3. The summed E-state index contributed by atoms with van der Waals surface area (Å²) in [5, 5.41) is 0. The first-order chi connectivity index (χ1) is 9.22. The molecule has 0 radical (unpaired) electrons. The average Bonchev–Trinajstić information content (AvgIpc) is 2.62. The Morgan fingerprint density at radius 3 is 2.80 bits per heavy atom. The monoisotopic (exact) mass is 290 g/mol. The molecule has 0 aromatic carbocycles. The van der Waals surface area contributed by atoms with Crippen LogP contribution in [0.15, 0.2) is 23.8 Å². The van der Waals surface area contributed by atoms with Crippen LogP contribution >= 0.6 is 12.2 Å². The lowest BCUT2D eigenvalue weighted by atomic mass is 9.65. The van der Waals surface area contributed by atoms with E-state index in [9.17, 15) is 0 Å². The van der Waals surface area contributed by atoms with Gasteiger partial charge in [-0.3, -0.25) is 0 Å². The molecule has 0 amide bonds. The van der Waals surface area contributed by atoms with Gasteiger partial charge >= 0.3 is 0 Å². The molecule has 1 saturated carbocycles. The lowest BCUT2D eigenvalue weighted by molar-refractivity contribution is 0.272. The second-order valence-corrected chi connectivity index (χ2v) is 8.77. The zero-order valence-electron chi connectivity index (χ0n) is 13.7. The second kappa shape index (κ2) is 5.75. The van der Waals surface area contributed by atoms with Crippen LogP contribution in [-0.4, -0.2) is 4.86 Å². The lowest BCUT2D eigenvalue weighted by Crippen LogP contribution is -2.34. The van der Waals surface area contributed by atoms with E-state index in [1.54, 1.807) is 5.57 Å². The van der Waals surface area contributed by atoms with E-state index in [-0.39, 0.29) is 0 Å². The second-order valence-electron chi connectivity index (χ2n) is 8.24. The largest absolute Gasteiger partial charge is 0.0998 e. The SMILES string of the molecule is C=C(CCC1=CCC2C(=S)CCCC12C)CC(C)(C)C. The van der Waals surface area contributed by atoms with Crippen molar-refractivity contribution in [2.24, 2.45) is 16.7 Å². The minimum Gasteiger partial charge on any atom is -0.0998 e. The summed E-state index contributed by atoms with van der Waals surface area (Å²) in [6.07, 6.45) is 11.0. The summed E-state index contributed by atoms with van der Waals surface area (Å²) in [7, 11) is 0. The zero-order valence-corrected chi connectivity index (χ0v) is 14.5. The Morgan fingerprint density at radius 1 is 1.45 bits per heavy atom. The Labute approximate surface area is 130 Å². The first-order valence-corrected chi connectivity index (χ1v) is 8.52. The van der Waals surface area contributed by atoms with Gasteiger partial charge < -0.3 is 0 Å². The van der Waals surface area contributed by atoms with Gasteiger partial charge in [0.05, 0.1) is 0 Å². The average molecular weight is 291 g/mol.